The quantitative estimate of drug-likeness (QED) is 0.618. The molecule has 0 amide bonds. The van der Waals surface area contributed by atoms with Crippen LogP contribution in [-0.4, -0.2) is 31.1 Å². The van der Waals surface area contributed by atoms with E-state index in [1.165, 1.54) is 32.1 Å². The Morgan fingerprint density at radius 2 is 1.78 bits per heavy atom. The average molecular weight is 254 g/mol. The molecule has 1 saturated carbocycles. The number of ether oxygens (including phenoxy) is 1. The lowest BCUT2D eigenvalue weighted by molar-refractivity contribution is -0.167. The second-order valence-corrected chi connectivity index (χ2v) is 6.05. The van der Waals surface area contributed by atoms with Gasteiger partial charge < -0.3 is 9.84 Å². The fourth-order valence-corrected chi connectivity index (χ4v) is 3.12. The molecular formula is C14H27BO3. The van der Waals surface area contributed by atoms with Gasteiger partial charge in [-0.3, -0.25) is 0 Å². The van der Waals surface area contributed by atoms with Crippen LogP contribution in [0, 0.1) is 0 Å². The summed E-state index contributed by atoms with van der Waals surface area (Å²) in [5.41, 5.74) is -0.454. The van der Waals surface area contributed by atoms with Gasteiger partial charge in [0.15, 0.2) is 0 Å². The summed E-state index contributed by atoms with van der Waals surface area (Å²) in [5, 5.41) is 8.94. The summed E-state index contributed by atoms with van der Waals surface area (Å²) in [7, 11) is 2.24. The molecule has 0 aromatic carbocycles. The number of rotatable bonds is 4. The molecule has 1 unspecified atom stereocenters. The van der Waals surface area contributed by atoms with Gasteiger partial charge in [-0.25, -0.2) is 4.79 Å². The maximum Gasteiger partial charge on any atom is 0.332 e. The largest absolute Gasteiger partial charge is 0.458 e. The highest BCUT2D eigenvalue weighted by molar-refractivity contribution is 6.16. The molecule has 1 rings (SSSR count). The third-order valence-electron chi connectivity index (χ3n) is 4.88. The van der Waals surface area contributed by atoms with Crippen LogP contribution in [0.3, 0.4) is 0 Å². The van der Waals surface area contributed by atoms with E-state index in [0.29, 0.717) is 0 Å². The minimum absolute atomic E-state index is 0.0347. The van der Waals surface area contributed by atoms with Gasteiger partial charge in [0.05, 0.1) is 0 Å². The number of carbonyl (C=O) groups is 1. The highest BCUT2D eigenvalue weighted by atomic mass is 16.6. The number of aliphatic hydroxyl groups is 1. The number of hydrogen-bond donors (Lipinski definition) is 1. The highest BCUT2D eigenvalue weighted by Gasteiger charge is 2.45. The first-order chi connectivity index (χ1) is 8.47. The molecule has 3 nitrogen and oxygen atoms in total. The first kappa shape index (κ1) is 15.6. The van der Waals surface area contributed by atoms with E-state index in [1.807, 2.05) is 6.92 Å². The van der Waals surface area contributed by atoms with Crippen LogP contribution < -0.4 is 0 Å². The van der Waals surface area contributed by atoms with Gasteiger partial charge in [-0.05, 0) is 18.7 Å². The number of carbonyl (C=O) groups excluding carboxylic acids is 1. The van der Waals surface area contributed by atoms with Gasteiger partial charge in [0.2, 0.25) is 0 Å². The SMILES string of the molecule is BC1(C(C)(CC)OC(=O)CO)CCCCCCC1. The molecule has 0 saturated heterocycles. The Balaban J connectivity index is 2.83. The van der Waals surface area contributed by atoms with Crippen molar-refractivity contribution < 1.29 is 14.6 Å². The zero-order chi connectivity index (χ0) is 13.6. The highest BCUT2D eigenvalue weighted by Crippen LogP contribution is 2.50. The fraction of sp³-hybridized carbons (Fsp3) is 0.929. The van der Waals surface area contributed by atoms with Gasteiger partial charge in [0.1, 0.15) is 20.1 Å². The van der Waals surface area contributed by atoms with E-state index in [0.717, 1.165) is 19.3 Å². The van der Waals surface area contributed by atoms with Gasteiger partial charge in [0, 0.05) is 0 Å². The standard InChI is InChI=1S/C14H27BO3/c1-3-13(2,18-12(17)11-16)14(15)9-7-5-4-6-8-10-14/h16H,3-11,15H2,1-2H3. The summed E-state index contributed by atoms with van der Waals surface area (Å²) in [6.45, 7) is 3.57. The maximum absolute atomic E-state index is 11.5. The summed E-state index contributed by atoms with van der Waals surface area (Å²) >= 11 is 0. The molecule has 0 aromatic rings. The van der Waals surface area contributed by atoms with Crippen LogP contribution in [0.2, 0.25) is 5.31 Å². The molecule has 104 valence electrons. The second kappa shape index (κ2) is 6.60. The molecular weight excluding hydrogens is 227 g/mol. The van der Waals surface area contributed by atoms with E-state index in [1.54, 1.807) is 0 Å². The van der Waals surface area contributed by atoms with E-state index in [2.05, 4.69) is 14.8 Å². The van der Waals surface area contributed by atoms with Crippen LogP contribution >= 0.6 is 0 Å². The number of esters is 1. The second-order valence-electron chi connectivity index (χ2n) is 6.05. The Bertz CT molecular complexity index is 272. The fourth-order valence-electron chi connectivity index (χ4n) is 3.12. The van der Waals surface area contributed by atoms with Crippen molar-refractivity contribution in [3.05, 3.63) is 0 Å². The van der Waals surface area contributed by atoms with Crippen molar-refractivity contribution >= 4 is 13.8 Å². The van der Waals surface area contributed by atoms with Crippen LogP contribution in [0.1, 0.15) is 65.2 Å². The van der Waals surface area contributed by atoms with Crippen LogP contribution in [-0.2, 0) is 9.53 Å². The van der Waals surface area contributed by atoms with Gasteiger partial charge in [-0.1, -0.05) is 51.9 Å². The van der Waals surface area contributed by atoms with Crippen molar-refractivity contribution in [1.29, 1.82) is 0 Å². The maximum atomic E-state index is 11.5. The molecule has 0 spiro atoms. The van der Waals surface area contributed by atoms with E-state index >= 15 is 0 Å². The van der Waals surface area contributed by atoms with Crippen molar-refractivity contribution in [3.63, 3.8) is 0 Å². The minimum atomic E-state index is -0.522. The van der Waals surface area contributed by atoms with E-state index in [-0.39, 0.29) is 5.31 Å². The van der Waals surface area contributed by atoms with Crippen LogP contribution in [0.5, 0.6) is 0 Å². The van der Waals surface area contributed by atoms with Crippen LogP contribution in [0.15, 0.2) is 0 Å². The van der Waals surface area contributed by atoms with Gasteiger partial charge in [-0.15, -0.1) is 0 Å². The topological polar surface area (TPSA) is 46.5 Å². The lowest BCUT2D eigenvalue weighted by Crippen LogP contribution is -2.45. The van der Waals surface area contributed by atoms with Crippen LogP contribution in [0.4, 0.5) is 0 Å². The number of hydrogen-bond acceptors (Lipinski definition) is 3. The first-order valence-electron chi connectivity index (χ1n) is 7.30. The molecule has 18 heavy (non-hydrogen) atoms. The predicted molar refractivity (Wildman–Crippen MR) is 75.4 cm³/mol. The first-order valence-corrected chi connectivity index (χ1v) is 7.30. The van der Waals surface area contributed by atoms with E-state index < -0.39 is 18.2 Å². The zero-order valence-corrected chi connectivity index (χ0v) is 12.1. The summed E-state index contributed by atoms with van der Waals surface area (Å²) in [6.07, 6.45) is 9.33. The zero-order valence-electron chi connectivity index (χ0n) is 12.1. The van der Waals surface area contributed by atoms with Crippen LogP contribution in [0.25, 0.3) is 0 Å². The van der Waals surface area contributed by atoms with E-state index in [4.69, 9.17) is 9.84 Å². The Morgan fingerprint density at radius 3 is 2.22 bits per heavy atom. The molecule has 0 aromatic heterocycles. The Kier molecular flexibility index (Phi) is 5.70. The Hall–Kier alpha value is -0.505. The summed E-state index contributed by atoms with van der Waals surface area (Å²) in [4.78, 5) is 11.5. The van der Waals surface area contributed by atoms with Crippen molar-refractivity contribution in [2.75, 3.05) is 6.61 Å². The summed E-state index contributed by atoms with van der Waals surface area (Å²) in [5.74, 6) is -0.498. The lowest BCUT2D eigenvalue weighted by atomic mass is 9.52. The number of aliphatic hydroxyl groups excluding tert-OH is 1. The summed E-state index contributed by atoms with van der Waals surface area (Å²) < 4.78 is 5.59. The summed E-state index contributed by atoms with van der Waals surface area (Å²) in [6, 6.07) is 0. The molecule has 1 atom stereocenters. The molecule has 1 N–H and O–H groups in total. The van der Waals surface area contributed by atoms with Gasteiger partial charge >= 0.3 is 5.97 Å². The normalized spacial score (nSPS) is 23.5. The monoisotopic (exact) mass is 254 g/mol. The van der Waals surface area contributed by atoms with Crippen molar-refractivity contribution in [2.45, 2.75) is 76.1 Å². The Morgan fingerprint density at radius 1 is 1.28 bits per heavy atom. The lowest BCUT2D eigenvalue weighted by Gasteiger charge is -2.46. The molecule has 0 aliphatic heterocycles. The van der Waals surface area contributed by atoms with Crippen molar-refractivity contribution in [1.82, 2.24) is 0 Å². The molecule has 1 aliphatic rings. The van der Waals surface area contributed by atoms with Gasteiger partial charge in [-0.2, -0.15) is 0 Å². The molecule has 0 bridgehead atoms. The van der Waals surface area contributed by atoms with Gasteiger partial charge in [0.25, 0.3) is 0 Å². The molecule has 4 heteroatoms. The third-order valence-corrected chi connectivity index (χ3v) is 4.88. The Labute approximate surface area is 112 Å². The average Bonchev–Trinajstić information content (AvgIpc) is 2.33. The smallest absolute Gasteiger partial charge is 0.332 e. The minimum Gasteiger partial charge on any atom is -0.458 e. The molecule has 1 fully saturated rings. The third kappa shape index (κ3) is 3.50. The predicted octanol–water partition coefficient (Wildman–Crippen LogP) is 2.23. The van der Waals surface area contributed by atoms with Crippen molar-refractivity contribution in [3.8, 4) is 0 Å². The van der Waals surface area contributed by atoms with E-state index in [9.17, 15) is 4.79 Å². The molecule has 0 heterocycles. The molecule has 0 radical (unpaired) electrons. The van der Waals surface area contributed by atoms with Crippen molar-refractivity contribution in [2.24, 2.45) is 0 Å². The molecule has 1 aliphatic carbocycles.